The van der Waals surface area contributed by atoms with Gasteiger partial charge in [-0.1, -0.05) is 47.5 Å². The molecule has 3 nitrogen and oxygen atoms in total. The second kappa shape index (κ2) is 12.4. The number of ether oxygens (including phenoxy) is 1. The molecule has 6 heteroatoms. The summed E-state index contributed by atoms with van der Waals surface area (Å²) in [6, 6.07) is 13.4. The van der Waals surface area contributed by atoms with E-state index in [1.165, 1.54) is 0 Å². The van der Waals surface area contributed by atoms with E-state index in [-0.39, 0.29) is 19.0 Å². The molecule has 0 bridgehead atoms. The summed E-state index contributed by atoms with van der Waals surface area (Å²) in [5.74, 6) is 0.853. The molecule has 0 spiro atoms. The molecule has 0 atom stereocenters. The van der Waals surface area contributed by atoms with E-state index in [4.69, 9.17) is 33.0 Å². The lowest BCUT2D eigenvalue weighted by atomic mass is 10.2. The third-order valence-electron chi connectivity index (χ3n) is 3.70. The van der Waals surface area contributed by atoms with Crippen molar-refractivity contribution in [3.8, 4) is 5.75 Å². The van der Waals surface area contributed by atoms with Gasteiger partial charge in [-0.05, 0) is 44.0 Å². The Bertz CT molecular complexity index is 638. The molecule has 2 aromatic rings. The Morgan fingerprint density at radius 1 is 0.960 bits per heavy atom. The molecule has 0 saturated carbocycles. The van der Waals surface area contributed by atoms with Gasteiger partial charge in [0.15, 0.2) is 0 Å². The molecule has 25 heavy (non-hydrogen) atoms. The average molecular weight is 405 g/mol. The van der Waals surface area contributed by atoms with Crippen LogP contribution < -0.4 is 10.1 Å². The minimum atomic E-state index is 0. The van der Waals surface area contributed by atoms with E-state index in [1.54, 1.807) is 6.07 Å². The second-order valence-corrected chi connectivity index (χ2v) is 6.44. The number of hydrogen-bond donors (Lipinski definition) is 2. The van der Waals surface area contributed by atoms with Gasteiger partial charge in [-0.25, -0.2) is 0 Å². The number of halogens is 3. The van der Waals surface area contributed by atoms with Crippen LogP contribution in [0.2, 0.25) is 10.0 Å². The third kappa shape index (κ3) is 7.85. The van der Waals surface area contributed by atoms with Crippen LogP contribution in [0.4, 0.5) is 0 Å². The molecule has 0 saturated heterocycles. The van der Waals surface area contributed by atoms with E-state index in [9.17, 15) is 0 Å². The fourth-order valence-corrected chi connectivity index (χ4v) is 2.81. The van der Waals surface area contributed by atoms with Gasteiger partial charge >= 0.3 is 0 Å². The first kappa shape index (κ1) is 22.1. The first-order valence-corrected chi connectivity index (χ1v) is 8.92. The molecule has 0 unspecified atom stereocenters. The van der Waals surface area contributed by atoms with Gasteiger partial charge < -0.3 is 15.2 Å². The van der Waals surface area contributed by atoms with E-state index < -0.39 is 0 Å². The zero-order valence-corrected chi connectivity index (χ0v) is 16.3. The normalized spacial score (nSPS) is 10.4. The summed E-state index contributed by atoms with van der Waals surface area (Å²) in [4.78, 5) is 0. The standard InChI is InChI=1S/C19H23Cl2NO2.ClH/c20-17-9-8-16(18(21)12-17)14-24-19-7-3-2-6-15(19)13-22-10-4-1-5-11-23;/h2-3,6-9,12,22-23H,1,4-5,10-11,13-14H2;1H. The molecule has 0 fully saturated rings. The van der Waals surface area contributed by atoms with Crippen molar-refractivity contribution in [3.63, 3.8) is 0 Å². The largest absolute Gasteiger partial charge is 0.489 e. The molecule has 0 aliphatic carbocycles. The first-order valence-electron chi connectivity index (χ1n) is 8.17. The van der Waals surface area contributed by atoms with E-state index in [0.717, 1.165) is 49.2 Å². The minimum absolute atomic E-state index is 0. The number of aliphatic hydroxyl groups excluding tert-OH is 1. The predicted molar refractivity (Wildman–Crippen MR) is 107 cm³/mol. The zero-order valence-electron chi connectivity index (χ0n) is 14.0. The molecule has 0 heterocycles. The van der Waals surface area contributed by atoms with Crippen LogP contribution in [-0.2, 0) is 13.2 Å². The molecule has 138 valence electrons. The van der Waals surface area contributed by atoms with Crippen LogP contribution in [0.15, 0.2) is 42.5 Å². The lowest BCUT2D eigenvalue weighted by Gasteiger charge is -2.13. The van der Waals surface area contributed by atoms with Gasteiger partial charge in [0.1, 0.15) is 12.4 Å². The average Bonchev–Trinajstić information content (AvgIpc) is 2.58. The van der Waals surface area contributed by atoms with Crippen LogP contribution in [-0.4, -0.2) is 18.3 Å². The lowest BCUT2D eigenvalue weighted by molar-refractivity contribution is 0.282. The van der Waals surface area contributed by atoms with Gasteiger partial charge in [0.05, 0.1) is 0 Å². The molecule has 2 rings (SSSR count). The van der Waals surface area contributed by atoms with E-state index in [0.29, 0.717) is 16.7 Å². The Morgan fingerprint density at radius 2 is 1.76 bits per heavy atom. The summed E-state index contributed by atoms with van der Waals surface area (Å²) in [6.07, 6.45) is 2.96. The molecule has 0 amide bonds. The number of unbranched alkanes of at least 4 members (excludes halogenated alkanes) is 2. The van der Waals surface area contributed by atoms with Gasteiger partial charge in [-0.3, -0.25) is 0 Å². The minimum Gasteiger partial charge on any atom is -0.489 e. The van der Waals surface area contributed by atoms with E-state index in [1.807, 2.05) is 30.3 Å². The number of rotatable bonds is 10. The number of benzene rings is 2. The van der Waals surface area contributed by atoms with Crippen molar-refractivity contribution in [1.29, 1.82) is 0 Å². The highest BCUT2D eigenvalue weighted by molar-refractivity contribution is 6.35. The maximum Gasteiger partial charge on any atom is 0.124 e. The molecule has 2 N–H and O–H groups in total. The second-order valence-electron chi connectivity index (χ2n) is 5.59. The lowest BCUT2D eigenvalue weighted by Crippen LogP contribution is -2.15. The molecule has 0 aromatic heterocycles. The van der Waals surface area contributed by atoms with E-state index >= 15 is 0 Å². The molecule has 0 aliphatic heterocycles. The van der Waals surface area contributed by atoms with Crippen molar-refractivity contribution < 1.29 is 9.84 Å². The molecule has 2 aromatic carbocycles. The highest BCUT2D eigenvalue weighted by Gasteiger charge is 2.06. The van der Waals surface area contributed by atoms with Crippen molar-refractivity contribution in [3.05, 3.63) is 63.6 Å². The number of para-hydroxylation sites is 1. The maximum absolute atomic E-state index is 8.77. The highest BCUT2D eigenvalue weighted by atomic mass is 35.5. The van der Waals surface area contributed by atoms with Crippen LogP contribution in [0.5, 0.6) is 5.75 Å². The molecule has 0 aliphatic rings. The number of nitrogens with one attached hydrogen (secondary N) is 1. The van der Waals surface area contributed by atoms with Crippen LogP contribution >= 0.6 is 35.6 Å². The fourth-order valence-electron chi connectivity index (χ4n) is 2.35. The summed E-state index contributed by atoms with van der Waals surface area (Å²) in [7, 11) is 0. The van der Waals surface area contributed by atoms with Crippen LogP contribution in [0.25, 0.3) is 0 Å². The highest BCUT2D eigenvalue weighted by Crippen LogP contribution is 2.24. The monoisotopic (exact) mass is 403 g/mol. The van der Waals surface area contributed by atoms with Crippen molar-refractivity contribution in [2.75, 3.05) is 13.2 Å². The zero-order chi connectivity index (χ0) is 17.2. The molecule has 0 radical (unpaired) electrons. The smallest absolute Gasteiger partial charge is 0.124 e. The summed E-state index contributed by atoms with van der Waals surface area (Å²) in [6.45, 7) is 2.36. The predicted octanol–water partition coefficient (Wildman–Crippen LogP) is 5.25. The van der Waals surface area contributed by atoms with Crippen LogP contribution in [0.3, 0.4) is 0 Å². The van der Waals surface area contributed by atoms with Gasteiger partial charge in [0.25, 0.3) is 0 Å². The molecular formula is C19H24Cl3NO2. The van der Waals surface area contributed by atoms with Crippen molar-refractivity contribution in [1.82, 2.24) is 5.32 Å². The van der Waals surface area contributed by atoms with Crippen molar-refractivity contribution in [2.45, 2.75) is 32.4 Å². The molecular weight excluding hydrogens is 381 g/mol. The van der Waals surface area contributed by atoms with Crippen molar-refractivity contribution >= 4 is 35.6 Å². The fraction of sp³-hybridized carbons (Fsp3) is 0.368. The Labute approximate surface area is 165 Å². The van der Waals surface area contributed by atoms with Gasteiger partial charge in [0.2, 0.25) is 0 Å². The topological polar surface area (TPSA) is 41.5 Å². The quantitative estimate of drug-likeness (QED) is 0.532. The summed E-state index contributed by atoms with van der Waals surface area (Å²) < 4.78 is 5.94. The first-order chi connectivity index (χ1) is 11.7. The number of hydrogen-bond acceptors (Lipinski definition) is 3. The third-order valence-corrected chi connectivity index (χ3v) is 4.28. The summed E-state index contributed by atoms with van der Waals surface area (Å²) in [5, 5.41) is 13.4. The number of aliphatic hydroxyl groups is 1. The van der Waals surface area contributed by atoms with Crippen LogP contribution in [0, 0.1) is 0 Å². The Kier molecular flexibility index (Phi) is 10.9. The Morgan fingerprint density at radius 3 is 2.52 bits per heavy atom. The van der Waals surface area contributed by atoms with Crippen molar-refractivity contribution in [2.24, 2.45) is 0 Å². The SMILES string of the molecule is Cl.OCCCCCNCc1ccccc1OCc1ccc(Cl)cc1Cl. The Balaban J connectivity index is 0.00000312. The Hall–Kier alpha value is -0.970. The maximum atomic E-state index is 8.77. The van der Waals surface area contributed by atoms with Crippen LogP contribution in [0.1, 0.15) is 30.4 Å². The summed E-state index contributed by atoms with van der Waals surface area (Å²) >= 11 is 12.1. The van der Waals surface area contributed by atoms with Gasteiger partial charge in [-0.2, -0.15) is 0 Å². The summed E-state index contributed by atoms with van der Waals surface area (Å²) in [5.41, 5.74) is 2.03. The van der Waals surface area contributed by atoms with E-state index in [2.05, 4.69) is 11.4 Å². The van der Waals surface area contributed by atoms with Gasteiger partial charge in [0, 0.05) is 34.3 Å². The van der Waals surface area contributed by atoms with Gasteiger partial charge in [-0.15, -0.1) is 12.4 Å².